The number of aromatic hydroxyl groups is 1. The number of benzene rings is 1. The SMILES string of the molecule is Cc1ccccc1Cc1ncc2cc(O)ccn12. The van der Waals surface area contributed by atoms with Gasteiger partial charge in [0.05, 0.1) is 11.7 Å². The van der Waals surface area contributed by atoms with Gasteiger partial charge in [-0.05, 0) is 24.1 Å². The van der Waals surface area contributed by atoms with Crippen molar-refractivity contribution < 1.29 is 5.11 Å². The molecule has 0 aliphatic heterocycles. The molecule has 0 fully saturated rings. The first kappa shape index (κ1) is 10.8. The lowest BCUT2D eigenvalue weighted by Crippen LogP contribution is -1.97. The van der Waals surface area contributed by atoms with E-state index >= 15 is 0 Å². The molecule has 0 atom stereocenters. The van der Waals surface area contributed by atoms with Crippen molar-refractivity contribution in [3.63, 3.8) is 0 Å². The molecule has 0 saturated heterocycles. The van der Waals surface area contributed by atoms with Crippen LogP contribution in [0.15, 0.2) is 48.8 Å². The van der Waals surface area contributed by atoms with Crippen LogP contribution in [-0.4, -0.2) is 14.5 Å². The van der Waals surface area contributed by atoms with Gasteiger partial charge in [-0.15, -0.1) is 0 Å². The number of fused-ring (bicyclic) bond motifs is 1. The minimum Gasteiger partial charge on any atom is -0.508 e. The quantitative estimate of drug-likeness (QED) is 0.745. The zero-order valence-electron chi connectivity index (χ0n) is 10.2. The molecule has 0 unspecified atom stereocenters. The molecule has 0 amide bonds. The molecule has 3 heteroatoms. The van der Waals surface area contributed by atoms with Crippen LogP contribution in [0.4, 0.5) is 0 Å². The van der Waals surface area contributed by atoms with E-state index in [0.29, 0.717) is 0 Å². The number of aromatic nitrogens is 2. The maximum atomic E-state index is 9.43. The van der Waals surface area contributed by atoms with Gasteiger partial charge in [0.15, 0.2) is 0 Å². The summed E-state index contributed by atoms with van der Waals surface area (Å²) in [6.07, 6.45) is 4.43. The summed E-state index contributed by atoms with van der Waals surface area (Å²) in [6, 6.07) is 11.7. The van der Waals surface area contributed by atoms with Crippen LogP contribution in [-0.2, 0) is 6.42 Å². The standard InChI is InChI=1S/C15H14N2O/c1-11-4-2-3-5-12(11)8-15-16-10-13-9-14(18)6-7-17(13)15/h2-7,9-10,18H,8H2,1H3. The third kappa shape index (κ3) is 1.84. The average Bonchev–Trinajstić information content (AvgIpc) is 2.74. The summed E-state index contributed by atoms with van der Waals surface area (Å²) in [5.41, 5.74) is 3.46. The second-order valence-electron chi connectivity index (χ2n) is 4.46. The lowest BCUT2D eigenvalue weighted by molar-refractivity contribution is 0.475. The van der Waals surface area contributed by atoms with Gasteiger partial charge in [0.25, 0.3) is 0 Å². The summed E-state index contributed by atoms with van der Waals surface area (Å²) < 4.78 is 2.01. The summed E-state index contributed by atoms with van der Waals surface area (Å²) in [7, 11) is 0. The molecule has 1 aromatic carbocycles. The van der Waals surface area contributed by atoms with E-state index in [2.05, 4.69) is 24.0 Å². The van der Waals surface area contributed by atoms with E-state index in [1.54, 1.807) is 18.3 Å². The highest BCUT2D eigenvalue weighted by atomic mass is 16.3. The molecular formula is C15H14N2O. The third-order valence-electron chi connectivity index (χ3n) is 3.20. The van der Waals surface area contributed by atoms with Crippen molar-refractivity contribution in [3.05, 3.63) is 65.7 Å². The van der Waals surface area contributed by atoms with E-state index in [0.717, 1.165) is 17.8 Å². The molecule has 3 rings (SSSR count). The highest BCUT2D eigenvalue weighted by Gasteiger charge is 2.06. The molecule has 0 spiro atoms. The van der Waals surface area contributed by atoms with Crippen molar-refractivity contribution in [2.24, 2.45) is 0 Å². The van der Waals surface area contributed by atoms with E-state index in [4.69, 9.17) is 0 Å². The van der Waals surface area contributed by atoms with Crippen LogP contribution in [0.5, 0.6) is 5.75 Å². The molecule has 18 heavy (non-hydrogen) atoms. The molecule has 0 radical (unpaired) electrons. The Bertz CT molecular complexity index is 701. The Balaban J connectivity index is 2.03. The smallest absolute Gasteiger partial charge is 0.119 e. The predicted octanol–water partition coefficient (Wildman–Crippen LogP) is 2.94. The Kier molecular flexibility index (Phi) is 2.52. The van der Waals surface area contributed by atoms with Crippen LogP contribution in [0.1, 0.15) is 17.0 Å². The lowest BCUT2D eigenvalue weighted by Gasteiger charge is -2.05. The summed E-state index contributed by atoms with van der Waals surface area (Å²) in [6.45, 7) is 2.11. The van der Waals surface area contributed by atoms with Crippen LogP contribution >= 0.6 is 0 Å². The van der Waals surface area contributed by atoms with Crippen molar-refractivity contribution in [3.8, 4) is 5.75 Å². The Labute approximate surface area is 105 Å². The first-order valence-electron chi connectivity index (χ1n) is 5.93. The van der Waals surface area contributed by atoms with Gasteiger partial charge in [-0.3, -0.25) is 0 Å². The van der Waals surface area contributed by atoms with E-state index in [-0.39, 0.29) is 5.75 Å². The summed E-state index contributed by atoms with van der Waals surface area (Å²) >= 11 is 0. The second-order valence-corrected chi connectivity index (χ2v) is 4.46. The lowest BCUT2D eigenvalue weighted by atomic mass is 10.1. The molecule has 2 aromatic heterocycles. The van der Waals surface area contributed by atoms with Crippen molar-refractivity contribution in [2.45, 2.75) is 13.3 Å². The van der Waals surface area contributed by atoms with E-state index in [1.165, 1.54) is 11.1 Å². The molecule has 0 aliphatic carbocycles. The number of pyridine rings is 1. The van der Waals surface area contributed by atoms with Crippen LogP contribution in [0.25, 0.3) is 5.52 Å². The minimum absolute atomic E-state index is 0.268. The van der Waals surface area contributed by atoms with Crippen LogP contribution in [0.3, 0.4) is 0 Å². The fourth-order valence-corrected chi connectivity index (χ4v) is 2.15. The number of nitrogens with zero attached hydrogens (tertiary/aromatic N) is 2. The Morgan fingerprint density at radius 1 is 1.22 bits per heavy atom. The Morgan fingerprint density at radius 3 is 2.89 bits per heavy atom. The van der Waals surface area contributed by atoms with Gasteiger partial charge in [0.1, 0.15) is 11.6 Å². The van der Waals surface area contributed by atoms with Crippen LogP contribution in [0.2, 0.25) is 0 Å². The van der Waals surface area contributed by atoms with Crippen LogP contribution in [0, 0.1) is 6.92 Å². The van der Waals surface area contributed by atoms with E-state index < -0.39 is 0 Å². The fraction of sp³-hybridized carbons (Fsp3) is 0.133. The van der Waals surface area contributed by atoms with Crippen molar-refractivity contribution in [1.29, 1.82) is 0 Å². The highest BCUT2D eigenvalue weighted by Crippen LogP contribution is 2.17. The number of hydrogen-bond donors (Lipinski definition) is 1. The zero-order valence-corrected chi connectivity index (χ0v) is 10.2. The maximum absolute atomic E-state index is 9.43. The number of hydrogen-bond acceptors (Lipinski definition) is 2. The van der Waals surface area contributed by atoms with Crippen molar-refractivity contribution in [2.75, 3.05) is 0 Å². The Hall–Kier alpha value is -2.29. The van der Waals surface area contributed by atoms with Gasteiger partial charge >= 0.3 is 0 Å². The first-order valence-corrected chi connectivity index (χ1v) is 5.93. The monoisotopic (exact) mass is 238 g/mol. The summed E-state index contributed by atoms with van der Waals surface area (Å²) in [5.74, 6) is 1.25. The number of imidazole rings is 1. The van der Waals surface area contributed by atoms with Gasteiger partial charge in [0.2, 0.25) is 0 Å². The minimum atomic E-state index is 0.268. The zero-order chi connectivity index (χ0) is 12.5. The second kappa shape index (κ2) is 4.18. The molecule has 3 nitrogen and oxygen atoms in total. The van der Waals surface area contributed by atoms with Crippen LogP contribution < -0.4 is 0 Å². The largest absolute Gasteiger partial charge is 0.508 e. The maximum Gasteiger partial charge on any atom is 0.119 e. The van der Waals surface area contributed by atoms with Gasteiger partial charge in [-0.2, -0.15) is 0 Å². The average molecular weight is 238 g/mol. The van der Waals surface area contributed by atoms with Crippen molar-refractivity contribution in [1.82, 2.24) is 9.38 Å². The summed E-state index contributed by atoms with van der Waals surface area (Å²) in [4.78, 5) is 4.42. The molecule has 1 N–H and O–H groups in total. The molecule has 0 bridgehead atoms. The molecule has 0 saturated carbocycles. The molecular weight excluding hydrogens is 224 g/mol. The van der Waals surface area contributed by atoms with E-state index in [9.17, 15) is 5.11 Å². The highest BCUT2D eigenvalue weighted by molar-refractivity contribution is 5.50. The first-order chi connectivity index (χ1) is 8.74. The van der Waals surface area contributed by atoms with Gasteiger partial charge in [-0.1, -0.05) is 24.3 Å². The fourth-order valence-electron chi connectivity index (χ4n) is 2.15. The molecule has 3 aromatic rings. The van der Waals surface area contributed by atoms with Crippen molar-refractivity contribution >= 4 is 5.52 Å². The molecule has 0 aliphatic rings. The molecule has 90 valence electrons. The number of aryl methyl sites for hydroxylation is 1. The molecule has 2 heterocycles. The Morgan fingerprint density at radius 2 is 2.06 bits per heavy atom. The van der Waals surface area contributed by atoms with Gasteiger partial charge < -0.3 is 9.51 Å². The predicted molar refractivity (Wildman–Crippen MR) is 70.8 cm³/mol. The third-order valence-corrected chi connectivity index (χ3v) is 3.20. The normalized spacial score (nSPS) is 10.9. The topological polar surface area (TPSA) is 37.5 Å². The summed E-state index contributed by atoms with van der Waals surface area (Å²) in [5, 5.41) is 9.43. The van der Waals surface area contributed by atoms with Gasteiger partial charge in [-0.25, -0.2) is 4.98 Å². The van der Waals surface area contributed by atoms with E-state index in [1.807, 2.05) is 22.7 Å². The van der Waals surface area contributed by atoms with Gasteiger partial charge in [0, 0.05) is 18.7 Å². The number of rotatable bonds is 2.